The van der Waals surface area contributed by atoms with E-state index in [1.807, 2.05) is 13.0 Å². The fourth-order valence-corrected chi connectivity index (χ4v) is 0.789. The van der Waals surface area contributed by atoms with E-state index >= 15 is 0 Å². The van der Waals surface area contributed by atoms with E-state index in [2.05, 4.69) is 0 Å². The quantitative estimate of drug-likeness (QED) is 0.371. The number of likely N-dealkylation sites (N-methyl/N-ethyl adjacent to an activating group) is 1. The van der Waals surface area contributed by atoms with Crippen LogP contribution in [-0.4, -0.2) is 26.9 Å². The van der Waals surface area contributed by atoms with Gasteiger partial charge in [-0.05, 0) is 19.1 Å². The van der Waals surface area contributed by atoms with Crippen LogP contribution in [0.15, 0.2) is 24.4 Å². The summed E-state index contributed by atoms with van der Waals surface area (Å²) in [6.07, 6.45) is 5.92. The Morgan fingerprint density at radius 1 is 1.12 bits per heavy atom. The number of allylic oxidation sites excluding steroid dienone is 2. The van der Waals surface area contributed by atoms with Crippen molar-refractivity contribution in [2.75, 3.05) is 6.54 Å². The second kappa shape index (κ2) is 5.41. The van der Waals surface area contributed by atoms with Crippen LogP contribution in [0.5, 0.6) is 0 Å². The molecule has 0 spiro atoms. The van der Waals surface area contributed by atoms with Crippen LogP contribution in [0.1, 0.15) is 6.92 Å². The average Bonchev–Trinajstić information content (AvgIpc) is 1.99. The molecule has 1 nitrogen and oxygen atoms in total. The van der Waals surface area contributed by atoms with Crippen molar-refractivity contribution < 1.29 is 4.39 Å². The van der Waals surface area contributed by atoms with Gasteiger partial charge in [0.25, 0.3) is 0 Å². The molecule has 0 saturated heterocycles. The first kappa shape index (κ1) is 17.8. The third-order valence-electron chi connectivity index (χ3n) is 1.34. The van der Waals surface area contributed by atoms with E-state index in [0.29, 0.717) is 0 Å². The molecule has 0 aliphatic carbocycles. The van der Waals surface area contributed by atoms with E-state index in [1.165, 1.54) is 6.08 Å². The predicted octanol–water partition coefficient (Wildman–Crippen LogP) is 5.44. The Balaban J connectivity index is 0.000000293. The van der Waals surface area contributed by atoms with E-state index < -0.39 is 15.4 Å². The molecule has 1 rings (SSSR count). The molecule has 1 atom stereocenters. The number of hydrogen-bond donors (Lipinski definition) is 0. The van der Waals surface area contributed by atoms with Gasteiger partial charge >= 0.3 is 62.1 Å². The van der Waals surface area contributed by atoms with E-state index in [0.717, 1.165) is 6.54 Å². The molecule has 0 aromatic heterocycles. The Bertz CT molecular complexity index is 282. The van der Waals surface area contributed by atoms with E-state index in [9.17, 15) is 4.39 Å². The molecular weight excluding hydrogens is 452 g/mol. The van der Waals surface area contributed by atoms with Gasteiger partial charge in [0.15, 0.2) is 6.30 Å². The molecule has 0 N–H and O–H groups in total. The fourth-order valence-electron chi connectivity index (χ4n) is 0.789. The van der Waals surface area contributed by atoms with Gasteiger partial charge in [-0.1, -0.05) is 6.08 Å². The fraction of sp³-hybridized carbons (Fsp3) is 0.429. The third kappa shape index (κ3) is 15.8. The van der Waals surface area contributed by atoms with Crippen molar-refractivity contribution in [2.45, 2.75) is 13.2 Å². The van der Waals surface area contributed by atoms with Gasteiger partial charge < -0.3 is 4.90 Å². The molecule has 0 fully saturated rings. The van der Waals surface area contributed by atoms with Crippen molar-refractivity contribution in [2.24, 2.45) is 0 Å². The maximum atomic E-state index is 12.6. The second-order valence-corrected chi connectivity index (χ2v) is 59.8. The van der Waals surface area contributed by atoms with Gasteiger partial charge in [0.05, 0.1) is 0 Å². The summed E-state index contributed by atoms with van der Waals surface area (Å²) in [5, 5.41) is 0. The summed E-state index contributed by atoms with van der Waals surface area (Å²) in [7, 11) is 25.0. The summed E-state index contributed by atoms with van der Waals surface area (Å²) in [6, 6.07) is 0. The van der Waals surface area contributed by atoms with Crippen LogP contribution in [0.25, 0.3) is 0 Å². The van der Waals surface area contributed by atoms with Crippen molar-refractivity contribution in [1.82, 2.24) is 4.90 Å². The minimum absolute atomic E-state index is 0.724. The molecule has 0 amide bonds. The maximum absolute atomic E-state index is 12.6. The van der Waals surface area contributed by atoms with Gasteiger partial charge in [-0.3, -0.25) is 0 Å². The zero-order valence-electron chi connectivity index (χ0n) is 8.13. The Morgan fingerprint density at radius 2 is 1.56 bits per heavy atom. The molecular formula is C7H10Cl6FNSb-. The van der Waals surface area contributed by atoms with Gasteiger partial charge in [0.2, 0.25) is 0 Å². The molecule has 9 heteroatoms. The van der Waals surface area contributed by atoms with Crippen LogP contribution in [-0.2, 0) is 0 Å². The van der Waals surface area contributed by atoms with Gasteiger partial charge in [0, 0.05) is 12.7 Å². The summed E-state index contributed by atoms with van der Waals surface area (Å²) < 4.78 is 12.6. The van der Waals surface area contributed by atoms with Crippen LogP contribution < -0.4 is 0 Å². The Labute approximate surface area is 114 Å². The Morgan fingerprint density at radius 3 is 1.81 bits per heavy atom. The van der Waals surface area contributed by atoms with Gasteiger partial charge in [-0.2, -0.15) is 0 Å². The average molecular weight is 462 g/mol. The van der Waals surface area contributed by atoms with Gasteiger partial charge in [-0.25, -0.2) is 4.39 Å². The monoisotopic (exact) mass is 458 g/mol. The van der Waals surface area contributed by atoms with Crippen LogP contribution in [0.2, 0.25) is 0 Å². The van der Waals surface area contributed by atoms with Crippen LogP contribution in [0.4, 0.5) is 4.39 Å². The zero-order valence-corrected chi connectivity index (χ0v) is 15.2. The summed E-state index contributed by atoms with van der Waals surface area (Å²) >= 11 is 0. The summed E-state index contributed by atoms with van der Waals surface area (Å²) in [4.78, 5) is 1.62. The molecule has 98 valence electrons. The number of halogens is 7. The molecule has 0 aromatic rings. The first-order valence-corrected chi connectivity index (χ1v) is 23.5. The molecule has 0 aromatic carbocycles. The van der Waals surface area contributed by atoms with Crippen LogP contribution >= 0.6 is 53.0 Å². The molecule has 0 saturated carbocycles. The topological polar surface area (TPSA) is 3.24 Å². The van der Waals surface area contributed by atoms with E-state index in [1.54, 1.807) is 17.2 Å². The first-order chi connectivity index (χ1) is 6.79. The molecule has 1 aliphatic rings. The van der Waals surface area contributed by atoms with E-state index in [4.69, 9.17) is 53.0 Å². The number of alkyl halides is 1. The van der Waals surface area contributed by atoms with Gasteiger partial charge in [-0.15, -0.1) is 0 Å². The summed E-state index contributed by atoms with van der Waals surface area (Å²) in [5.41, 5.74) is 0. The normalized spacial score (nSPS) is 24.2. The van der Waals surface area contributed by atoms with Crippen molar-refractivity contribution in [3.63, 3.8) is 0 Å². The van der Waals surface area contributed by atoms with Crippen molar-refractivity contribution in [1.29, 1.82) is 0 Å². The predicted molar refractivity (Wildman–Crippen MR) is 76.4 cm³/mol. The molecule has 16 heavy (non-hydrogen) atoms. The molecule has 1 heterocycles. The standard InChI is InChI=1S/C7H10FN.6ClH.Sb/c1-2-9-6-4-3-5-7(9)8;;;;;;;/h3-7H,2H2,1H3;6*1H;/q;;;;;;;+5/p-6. The summed E-state index contributed by atoms with van der Waals surface area (Å²) in [5.74, 6) is 0. The number of rotatable bonds is 1. The summed E-state index contributed by atoms with van der Waals surface area (Å²) in [6.45, 7) is 2.65. The SMILES string of the molecule is CCN1C=CC=CC1F.[Cl][Sb-]([Cl])([Cl])([Cl])([Cl])[Cl]. The number of nitrogens with zero attached hydrogens (tertiary/aromatic N) is 1. The molecule has 0 radical (unpaired) electrons. The van der Waals surface area contributed by atoms with Crippen molar-refractivity contribution >= 4 is 62.1 Å². The molecule has 0 bridgehead atoms. The van der Waals surface area contributed by atoms with Crippen molar-refractivity contribution in [3.05, 3.63) is 24.4 Å². The van der Waals surface area contributed by atoms with Crippen molar-refractivity contribution in [3.8, 4) is 0 Å². The second-order valence-electron chi connectivity index (χ2n) is 2.89. The third-order valence-corrected chi connectivity index (χ3v) is 1.34. The Hall–Kier alpha value is 1.77. The van der Waals surface area contributed by atoms with Crippen LogP contribution in [0, 0.1) is 0 Å². The first-order valence-electron chi connectivity index (χ1n) is 4.11. The Kier molecular flexibility index (Phi) is 6.00. The minimum atomic E-state index is -5.42. The van der Waals surface area contributed by atoms with Gasteiger partial charge in [0.1, 0.15) is 0 Å². The number of hydrogen-bond acceptors (Lipinski definition) is 1. The van der Waals surface area contributed by atoms with E-state index in [-0.39, 0.29) is 0 Å². The molecule has 1 unspecified atom stereocenters. The zero-order chi connectivity index (χ0) is 13.1. The molecule has 1 aliphatic heterocycles. The van der Waals surface area contributed by atoms with Crippen LogP contribution in [0.3, 0.4) is 0 Å².